The summed E-state index contributed by atoms with van der Waals surface area (Å²) in [5.41, 5.74) is 4.61. The quantitative estimate of drug-likeness (QED) is 0.325. The highest BCUT2D eigenvalue weighted by Gasteiger charge is 2.29. The number of hydrogen-bond acceptors (Lipinski definition) is 4. The molecule has 0 bridgehead atoms. The van der Waals surface area contributed by atoms with Crippen LogP contribution < -0.4 is 10.6 Å². The lowest BCUT2D eigenvalue weighted by atomic mass is 9.98. The molecule has 3 aromatic carbocycles. The molecule has 0 radical (unpaired) electrons. The molecule has 4 rings (SSSR count). The Labute approximate surface area is 212 Å². The van der Waals surface area contributed by atoms with E-state index in [0.717, 1.165) is 22.3 Å². The summed E-state index contributed by atoms with van der Waals surface area (Å²) in [7, 11) is 0. The maximum absolute atomic E-state index is 12.3. The van der Waals surface area contributed by atoms with Crippen LogP contribution in [0, 0.1) is 0 Å². The summed E-state index contributed by atoms with van der Waals surface area (Å²) in [6.07, 6.45) is -0.670. The lowest BCUT2D eigenvalue weighted by Crippen LogP contribution is -2.29. The molecule has 0 unspecified atom stereocenters. The third kappa shape index (κ3) is 5.15. The number of amides is 2. The van der Waals surface area contributed by atoms with Crippen LogP contribution in [0.3, 0.4) is 0 Å². The number of benzene rings is 3. The molecule has 174 valence electrons. The van der Waals surface area contributed by atoms with E-state index in [2.05, 4.69) is 54.6 Å². The van der Waals surface area contributed by atoms with Crippen molar-refractivity contribution < 1.29 is 24.2 Å². The minimum Gasteiger partial charge on any atom is -0.478 e. The molecule has 0 atom stereocenters. The molecule has 0 saturated carbocycles. The molecule has 9 heteroatoms. The first kappa shape index (κ1) is 24.0. The first-order valence-electron chi connectivity index (χ1n) is 10.5. The molecule has 3 N–H and O–H groups in total. The summed E-state index contributed by atoms with van der Waals surface area (Å²) in [5.74, 6) is -1.66. The van der Waals surface area contributed by atoms with Crippen LogP contribution in [-0.2, 0) is 9.53 Å². The lowest BCUT2D eigenvalue weighted by molar-refractivity contribution is -0.116. The fourth-order valence-electron chi connectivity index (χ4n) is 4.00. The van der Waals surface area contributed by atoms with Gasteiger partial charge in [-0.1, -0.05) is 64.5 Å². The Bertz CT molecular complexity index is 1230. The number of fused-ring (bicyclic) bond motifs is 3. The van der Waals surface area contributed by atoms with E-state index in [1.54, 1.807) is 6.07 Å². The summed E-state index contributed by atoms with van der Waals surface area (Å²) < 4.78 is 6.44. The predicted molar refractivity (Wildman–Crippen MR) is 135 cm³/mol. The lowest BCUT2D eigenvalue weighted by Gasteiger charge is -2.15. The van der Waals surface area contributed by atoms with Crippen LogP contribution in [0.1, 0.15) is 33.8 Å². The number of carboxylic acid groups (broad SMARTS) is 1. The number of ether oxygens (including phenoxy) is 1. The standard InChI is InChI=1S/C25H20Br2N2O5/c26-14-11-19(24(31)32)23(21(27)12-14)29-22(30)9-10-28-25(33)34-13-20-17-7-3-1-5-15(17)16-6-2-4-8-18(16)20/h1-8,11-12,20H,9-10,13H2,(H,28,33)(H,29,30)(H,31,32). The number of carbonyl (C=O) groups excluding carboxylic acids is 2. The number of hydrogen-bond donors (Lipinski definition) is 3. The molecule has 1 aliphatic carbocycles. The van der Waals surface area contributed by atoms with Crippen molar-refractivity contribution in [3.63, 3.8) is 0 Å². The monoisotopic (exact) mass is 586 g/mol. The molecule has 0 saturated heterocycles. The second-order valence-corrected chi connectivity index (χ2v) is 9.44. The summed E-state index contributed by atoms with van der Waals surface area (Å²) in [6.45, 7) is 0.221. The largest absolute Gasteiger partial charge is 0.478 e. The summed E-state index contributed by atoms with van der Waals surface area (Å²) in [4.78, 5) is 36.0. The molecular weight excluding hydrogens is 568 g/mol. The molecule has 3 aromatic rings. The van der Waals surface area contributed by atoms with Gasteiger partial charge in [-0.25, -0.2) is 9.59 Å². The van der Waals surface area contributed by atoms with E-state index in [1.165, 1.54) is 6.07 Å². The van der Waals surface area contributed by atoms with Gasteiger partial charge in [0, 0.05) is 27.8 Å². The first-order valence-corrected chi connectivity index (χ1v) is 12.0. The van der Waals surface area contributed by atoms with E-state index in [9.17, 15) is 19.5 Å². The van der Waals surface area contributed by atoms with Gasteiger partial charge in [0.1, 0.15) is 6.61 Å². The van der Waals surface area contributed by atoms with Gasteiger partial charge in [-0.3, -0.25) is 4.79 Å². The number of carbonyl (C=O) groups is 3. The van der Waals surface area contributed by atoms with Gasteiger partial charge >= 0.3 is 12.1 Å². The Morgan fingerprint density at radius 1 is 0.941 bits per heavy atom. The van der Waals surface area contributed by atoms with Crippen molar-refractivity contribution >= 4 is 55.5 Å². The van der Waals surface area contributed by atoms with Crippen molar-refractivity contribution in [2.24, 2.45) is 0 Å². The Kier molecular flexibility index (Phi) is 7.33. The maximum Gasteiger partial charge on any atom is 0.407 e. The maximum atomic E-state index is 12.3. The van der Waals surface area contributed by atoms with Crippen LogP contribution in [0.25, 0.3) is 11.1 Å². The molecule has 2 amide bonds. The van der Waals surface area contributed by atoms with Crippen LogP contribution in [0.5, 0.6) is 0 Å². The topological polar surface area (TPSA) is 105 Å². The molecule has 0 heterocycles. The van der Waals surface area contributed by atoms with Gasteiger partial charge in [-0.2, -0.15) is 0 Å². The van der Waals surface area contributed by atoms with E-state index in [-0.39, 0.29) is 36.7 Å². The fourth-order valence-corrected chi connectivity index (χ4v) is 5.32. The zero-order valence-electron chi connectivity index (χ0n) is 17.8. The van der Waals surface area contributed by atoms with Crippen molar-refractivity contribution in [3.05, 3.63) is 86.3 Å². The van der Waals surface area contributed by atoms with Gasteiger partial charge in [0.25, 0.3) is 0 Å². The van der Waals surface area contributed by atoms with Gasteiger partial charge in [0.05, 0.1) is 11.3 Å². The highest BCUT2D eigenvalue weighted by molar-refractivity contribution is 9.11. The highest BCUT2D eigenvalue weighted by Crippen LogP contribution is 2.44. The molecule has 1 aliphatic rings. The third-order valence-corrected chi connectivity index (χ3v) is 6.60. The molecule has 0 aromatic heterocycles. The number of rotatable bonds is 7. The first-order chi connectivity index (χ1) is 16.3. The number of alkyl carbamates (subject to hydrolysis) is 1. The minimum absolute atomic E-state index is 0.0407. The average molecular weight is 588 g/mol. The zero-order chi connectivity index (χ0) is 24.2. The zero-order valence-corrected chi connectivity index (χ0v) is 21.0. The smallest absolute Gasteiger partial charge is 0.407 e. The van der Waals surface area contributed by atoms with E-state index in [4.69, 9.17) is 4.74 Å². The SMILES string of the molecule is O=C(CCNC(=O)OCC1c2ccccc2-c2ccccc21)Nc1c(Br)cc(Br)cc1C(=O)O. The molecule has 0 aliphatic heterocycles. The second kappa shape index (κ2) is 10.4. The second-order valence-electron chi connectivity index (χ2n) is 7.67. The fraction of sp³-hybridized carbons (Fsp3) is 0.160. The van der Waals surface area contributed by atoms with Crippen LogP contribution in [-0.4, -0.2) is 36.2 Å². The molecule has 34 heavy (non-hydrogen) atoms. The third-order valence-electron chi connectivity index (χ3n) is 5.51. The summed E-state index contributed by atoms with van der Waals surface area (Å²) in [6, 6.07) is 19.2. The van der Waals surface area contributed by atoms with Crippen molar-refractivity contribution in [2.45, 2.75) is 12.3 Å². The van der Waals surface area contributed by atoms with Crippen LogP contribution >= 0.6 is 31.9 Å². The number of halogens is 2. The Morgan fingerprint density at radius 2 is 1.56 bits per heavy atom. The molecule has 0 fully saturated rings. The molecule has 0 spiro atoms. The highest BCUT2D eigenvalue weighted by atomic mass is 79.9. The van der Waals surface area contributed by atoms with Gasteiger partial charge in [-0.15, -0.1) is 0 Å². The summed E-state index contributed by atoms with van der Waals surface area (Å²) >= 11 is 6.49. The molecular formula is C25H20Br2N2O5. The van der Waals surface area contributed by atoms with Crippen molar-refractivity contribution in [2.75, 3.05) is 18.5 Å². The number of aromatic carboxylic acids is 1. The average Bonchev–Trinajstić information content (AvgIpc) is 3.13. The van der Waals surface area contributed by atoms with Crippen molar-refractivity contribution in [1.29, 1.82) is 0 Å². The van der Waals surface area contributed by atoms with E-state index < -0.39 is 18.0 Å². The Balaban J connectivity index is 1.30. The predicted octanol–water partition coefficient (Wildman–Crippen LogP) is 5.78. The van der Waals surface area contributed by atoms with E-state index >= 15 is 0 Å². The Morgan fingerprint density at radius 3 is 2.18 bits per heavy atom. The van der Waals surface area contributed by atoms with Crippen molar-refractivity contribution in [1.82, 2.24) is 5.32 Å². The van der Waals surface area contributed by atoms with Crippen LogP contribution in [0.15, 0.2) is 69.6 Å². The van der Waals surface area contributed by atoms with Gasteiger partial charge in [0.15, 0.2) is 0 Å². The number of nitrogens with one attached hydrogen (secondary N) is 2. The van der Waals surface area contributed by atoms with E-state index in [0.29, 0.717) is 8.95 Å². The van der Waals surface area contributed by atoms with Crippen LogP contribution in [0.2, 0.25) is 0 Å². The Hall–Kier alpha value is -3.17. The summed E-state index contributed by atoms with van der Waals surface area (Å²) in [5, 5.41) is 14.5. The minimum atomic E-state index is -1.17. The van der Waals surface area contributed by atoms with Crippen molar-refractivity contribution in [3.8, 4) is 11.1 Å². The number of carboxylic acids is 1. The van der Waals surface area contributed by atoms with Gasteiger partial charge in [-0.05, 0) is 50.3 Å². The number of anilines is 1. The normalized spacial score (nSPS) is 11.9. The van der Waals surface area contributed by atoms with Crippen LogP contribution in [0.4, 0.5) is 10.5 Å². The van der Waals surface area contributed by atoms with Gasteiger partial charge in [0.2, 0.25) is 5.91 Å². The van der Waals surface area contributed by atoms with Gasteiger partial charge < -0.3 is 20.5 Å². The van der Waals surface area contributed by atoms with E-state index in [1.807, 2.05) is 36.4 Å². The molecule has 7 nitrogen and oxygen atoms in total.